The van der Waals surface area contributed by atoms with Crippen molar-refractivity contribution in [1.82, 2.24) is 9.78 Å². The minimum absolute atomic E-state index is 0.0123. The molecule has 0 radical (unpaired) electrons. The van der Waals surface area contributed by atoms with Crippen LogP contribution in [0.4, 0.5) is 10.1 Å². The fraction of sp³-hybridized carbons (Fsp3) is 0.105. The van der Waals surface area contributed by atoms with Gasteiger partial charge in [-0.2, -0.15) is 9.49 Å². The van der Waals surface area contributed by atoms with Gasteiger partial charge in [0.15, 0.2) is 5.69 Å². The van der Waals surface area contributed by atoms with Crippen LogP contribution < -0.4 is 0 Å². The zero-order chi connectivity index (χ0) is 22.0. The van der Waals surface area contributed by atoms with Crippen LogP contribution in [0.5, 0.6) is 0 Å². The number of esters is 2. The molecule has 0 fully saturated rings. The Kier molecular flexibility index (Phi) is 5.92. The first kappa shape index (κ1) is 21.1. The molecular formula is C19H13BrFN3O6. The number of benzene rings is 2. The highest BCUT2D eigenvalue weighted by atomic mass is 79.9. The van der Waals surface area contributed by atoms with E-state index in [1.807, 2.05) is 0 Å². The first-order valence-electron chi connectivity index (χ1n) is 8.29. The normalized spacial score (nSPS) is 10.5. The number of nitro groups is 1. The molecule has 0 amide bonds. The number of hydrogen-bond acceptors (Lipinski definition) is 7. The summed E-state index contributed by atoms with van der Waals surface area (Å²) in [7, 11) is 2.24. The summed E-state index contributed by atoms with van der Waals surface area (Å²) in [5, 5.41) is 15.3. The largest absolute Gasteiger partial charge is 0.465 e. The van der Waals surface area contributed by atoms with E-state index in [1.54, 1.807) is 30.3 Å². The maximum atomic E-state index is 14.3. The Morgan fingerprint density at radius 2 is 1.77 bits per heavy atom. The van der Waals surface area contributed by atoms with Gasteiger partial charge in [-0.25, -0.2) is 14.3 Å². The molecule has 0 unspecified atom stereocenters. The molecule has 0 aliphatic carbocycles. The van der Waals surface area contributed by atoms with E-state index in [0.717, 1.165) is 26.4 Å². The molecule has 0 saturated heterocycles. The van der Waals surface area contributed by atoms with Gasteiger partial charge in [-0.15, -0.1) is 0 Å². The third-order valence-electron chi connectivity index (χ3n) is 4.14. The van der Waals surface area contributed by atoms with Crippen molar-refractivity contribution in [3.63, 3.8) is 0 Å². The molecule has 0 spiro atoms. The number of aromatic nitrogens is 2. The van der Waals surface area contributed by atoms with Crippen molar-refractivity contribution in [1.29, 1.82) is 0 Å². The highest BCUT2D eigenvalue weighted by Gasteiger charge is 2.33. The summed E-state index contributed by atoms with van der Waals surface area (Å²) in [6.07, 6.45) is 0. The molecule has 30 heavy (non-hydrogen) atoms. The molecule has 0 aliphatic rings. The van der Waals surface area contributed by atoms with E-state index >= 15 is 0 Å². The average Bonchev–Trinajstić information content (AvgIpc) is 3.14. The lowest BCUT2D eigenvalue weighted by Crippen LogP contribution is -2.15. The van der Waals surface area contributed by atoms with Crippen molar-refractivity contribution >= 4 is 33.6 Å². The number of nitrogens with zero attached hydrogens (tertiary/aromatic N) is 3. The molecule has 2 aromatic carbocycles. The van der Waals surface area contributed by atoms with Crippen LogP contribution in [0.1, 0.15) is 20.8 Å². The number of halogens is 2. The van der Waals surface area contributed by atoms with E-state index in [0.29, 0.717) is 5.69 Å². The van der Waals surface area contributed by atoms with Crippen LogP contribution in [-0.2, 0) is 9.47 Å². The molecule has 3 aromatic rings. The quantitative estimate of drug-likeness (QED) is 0.310. The van der Waals surface area contributed by atoms with Crippen molar-refractivity contribution < 1.29 is 28.4 Å². The zero-order valence-corrected chi connectivity index (χ0v) is 17.2. The lowest BCUT2D eigenvalue weighted by Gasteiger charge is -2.07. The molecule has 11 heteroatoms. The van der Waals surface area contributed by atoms with E-state index in [9.17, 15) is 24.1 Å². The lowest BCUT2D eigenvalue weighted by molar-refractivity contribution is -0.387. The molecule has 0 saturated carbocycles. The van der Waals surface area contributed by atoms with Gasteiger partial charge in [0, 0.05) is 16.1 Å². The first-order chi connectivity index (χ1) is 14.3. The van der Waals surface area contributed by atoms with E-state index in [-0.39, 0.29) is 27.0 Å². The fourth-order valence-corrected chi connectivity index (χ4v) is 3.32. The predicted molar refractivity (Wildman–Crippen MR) is 106 cm³/mol. The third-order valence-corrected chi connectivity index (χ3v) is 4.80. The van der Waals surface area contributed by atoms with Gasteiger partial charge in [-0.05, 0) is 34.1 Å². The minimum atomic E-state index is -1.14. The zero-order valence-electron chi connectivity index (χ0n) is 15.6. The molecular weight excluding hydrogens is 465 g/mol. The van der Waals surface area contributed by atoms with Crippen LogP contribution in [0.15, 0.2) is 46.9 Å². The number of hydrogen-bond donors (Lipinski definition) is 0. The van der Waals surface area contributed by atoms with Crippen LogP contribution in [-0.4, -0.2) is 40.9 Å². The molecule has 0 N–H and O–H groups in total. The number of rotatable bonds is 5. The molecule has 3 rings (SSSR count). The molecule has 0 bridgehead atoms. The van der Waals surface area contributed by atoms with E-state index in [1.165, 1.54) is 4.68 Å². The van der Waals surface area contributed by atoms with Crippen LogP contribution in [0, 0.1) is 15.9 Å². The van der Waals surface area contributed by atoms with Crippen molar-refractivity contribution in [3.05, 3.63) is 74.1 Å². The van der Waals surface area contributed by atoms with E-state index in [2.05, 4.69) is 21.0 Å². The Morgan fingerprint density at radius 3 is 2.33 bits per heavy atom. The monoisotopic (exact) mass is 477 g/mol. The smallest absolute Gasteiger partial charge is 0.357 e. The molecule has 1 aromatic heterocycles. The van der Waals surface area contributed by atoms with Crippen molar-refractivity contribution in [2.45, 2.75) is 0 Å². The summed E-state index contributed by atoms with van der Waals surface area (Å²) in [5.74, 6) is -2.93. The van der Waals surface area contributed by atoms with Crippen molar-refractivity contribution in [3.8, 4) is 16.9 Å². The summed E-state index contributed by atoms with van der Waals surface area (Å²) in [4.78, 5) is 35.2. The summed E-state index contributed by atoms with van der Waals surface area (Å²) in [6.45, 7) is 0. The predicted octanol–water partition coefficient (Wildman–Crippen LogP) is 3.92. The van der Waals surface area contributed by atoms with Gasteiger partial charge >= 0.3 is 17.6 Å². The van der Waals surface area contributed by atoms with Crippen molar-refractivity contribution in [2.24, 2.45) is 0 Å². The Labute approximate surface area is 177 Å². The Bertz CT molecular complexity index is 1160. The third kappa shape index (κ3) is 3.66. The second-order valence-corrected chi connectivity index (χ2v) is 6.70. The SMILES string of the molecule is COC(=O)c1c(-c2cc(F)c([N+](=O)[O-])cc2Br)nn(-c2ccccc2)c1C(=O)OC. The van der Waals surface area contributed by atoms with Gasteiger partial charge in [0.1, 0.15) is 11.3 Å². The van der Waals surface area contributed by atoms with E-state index in [4.69, 9.17) is 9.47 Å². The van der Waals surface area contributed by atoms with Crippen LogP contribution >= 0.6 is 15.9 Å². The second kappa shape index (κ2) is 8.41. The molecule has 9 nitrogen and oxygen atoms in total. The van der Waals surface area contributed by atoms with Crippen LogP contribution in [0.2, 0.25) is 0 Å². The van der Waals surface area contributed by atoms with Gasteiger partial charge in [0.25, 0.3) is 0 Å². The lowest BCUT2D eigenvalue weighted by atomic mass is 10.0. The molecule has 0 aliphatic heterocycles. The summed E-state index contributed by atoms with van der Waals surface area (Å²) in [5.41, 5.74) is -0.961. The fourth-order valence-electron chi connectivity index (χ4n) is 2.80. The van der Waals surface area contributed by atoms with Crippen LogP contribution in [0.3, 0.4) is 0 Å². The Morgan fingerprint density at radius 1 is 1.13 bits per heavy atom. The topological polar surface area (TPSA) is 114 Å². The van der Waals surface area contributed by atoms with Gasteiger partial charge in [-0.3, -0.25) is 10.1 Å². The number of carbonyl (C=O) groups excluding carboxylic acids is 2. The van der Waals surface area contributed by atoms with Gasteiger partial charge in [-0.1, -0.05) is 18.2 Å². The summed E-state index contributed by atoms with van der Waals surface area (Å²) in [6, 6.07) is 10.2. The summed E-state index contributed by atoms with van der Waals surface area (Å²) >= 11 is 3.15. The molecule has 0 atom stereocenters. The Hall–Kier alpha value is -3.60. The van der Waals surface area contributed by atoms with Crippen LogP contribution in [0.25, 0.3) is 16.9 Å². The van der Waals surface area contributed by atoms with Gasteiger partial charge in [0.05, 0.1) is 24.8 Å². The highest BCUT2D eigenvalue weighted by molar-refractivity contribution is 9.10. The number of carbonyl (C=O) groups is 2. The Balaban J connectivity index is 2.39. The second-order valence-electron chi connectivity index (χ2n) is 5.84. The number of methoxy groups -OCH3 is 2. The number of ether oxygens (including phenoxy) is 2. The van der Waals surface area contributed by atoms with Crippen molar-refractivity contribution in [2.75, 3.05) is 14.2 Å². The first-order valence-corrected chi connectivity index (χ1v) is 9.08. The maximum Gasteiger partial charge on any atom is 0.357 e. The highest BCUT2D eigenvalue weighted by Crippen LogP contribution is 2.37. The average molecular weight is 478 g/mol. The number of para-hydroxylation sites is 1. The standard InChI is InChI=1S/C19H13BrFN3O6/c1-29-18(25)15-16(11-8-13(21)14(24(27)28)9-12(11)20)22-23(17(15)19(26)30-2)10-6-4-3-5-7-10/h3-9H,1-2H3. The van der Waals surface area contributed by atoms with Gasteiger partial charge < -0.3 is 9.47 Å². The molecule has 154 valence electrons. The van der Waals surface area contributed by atoms with E-state index < -0.39 is 28.4 Å². The maximum absolute atomic E-state index is 14.3. The molecule has 1 heterocycles. The summed E-state index contributed by atoms with van der Waals surface area (Å²) < 4.78 is 25.2. The number of nitro benzene ring substituents is 1. The minimum Gasteiger partial charge on any atom is -0.465 e. The van der Waals surface area contributed by atoms with Gasteiger partial charge in [0.2, 0.25) is 5.82 Å².